The summed E-state index contributed by atoms with van der Waals surface area (Å²) >= 11 is 0. The van der Waals surface area contributed by atoms with Crippen LogP contribution in [-0.2, 0) is 24.4 Å². The fourth-order valence-corrected chi connectivity index (χ4v) is 4.72. The SMILES string of the molecule is Cc1[nH]c2ccc(N3CCOCC3)cc2c(=O)c1CN(Cc1ccccc1)Cc1ccccc1. The van der Waals surface area contributed by atoms with Gasteiger partial charge in [0.2, 0.25) is 0 Å². The van der Waals surface area contributed by atoms with Crippen LogP contribution in [0.3, 0.4) is 0 Å². The second kappa shape index (κ2) is 10.2. The zero-order valence-corrected chi connectivity index (χ0v) is 19.7. The van der Waals surface area contributed by atoms with Gasteiger partial charge in [-0.1, -0.05) is 60.7 Å². The van der Waals surface area contributed by atoms with Crippen molar-refractivity contribution >= 4 is 16.6 Å². The van der Waals surface area contributed by atoms with Gasteiger partial charge in [0, 0.05) is 60.6 Å². The van der Waals surface area contributed by atoms with Crippen molar-refractivity contribution in [1.29, 1.82) is 0 Å². The van der Waals surface area contributed by atoms with E-state index in [1.54, 1.807) is 0 Å². The number of anilines is 1. The maximum Gasteiger partial charge on any atom is 0.194 e. The van der Waals surface area contributed by atoms with Crippen LogP contribution in [0.5, 0.6) is 0 Å². The molecule has 0 amide bonds. The molecule has 0 spiro atoms. The van der Waals surface area contributed by atoms with Crippen LogP contribution in [0.4, 0.5) is 5.69 Å². The summed E-state index contributed by atoms with van der Waals surface area (Å²) in [4.78, 5) is 21.9. The molecule has 5 rings (SSSR count). The maximum absolute atomic E-state index is 13.7. The Morgan fingerprint density at radius 2 is 1.47 bits per heavy atom. The highest BCUT2D eigenvalue weighted by molar-refractivity contribution is 5.83. The van der Waals surface area contributed by atoms with Crippen molar-refractivity contribution in [2.45, 2.75) is 26.6 Å². The number of rotatable bonds is 7. The van der Waals surface area contributed by atoms with E-state index in [2.05, 4.69) is 69.4 Å². The van der Waals surface area contributed by atoms with Gasteiger partial charge in [0.25, 0.3) is 0 Å². The molecular weight excluding hydrogens is 422 g/mol. The Morgan fingerprint density at radius 3 is 2.09 bits per heavy atom. The molecule has 0 radical (unpaired) electrons. The highest BCUT2D eigenvalue weighted by Crippen LogP contribution is 2.22. The number of benzene rings is 3. The van der Waals surface area contributed by atoms with E-state index in [0.717, 1.165) is 67.2 Å². The van der Waals surface area contributed by atoms with Gasteiger partial charge in [0.1, 0.15) is 0 Å². The number of H-pyrrole nitrogens is 1. The first-order valence-corrected chi connectivity index (χ1v) is 12.0. The molecule has 0 unspecified atom stereocenters. The molecule has 0 saturated carbocycles. The van der Waals surface area contributed by atoms with Gasteiger partial charge in [0.15, 0.2) is 5.43 Å². The van der Waals surface area contributed by atoms with E-state index in [0.29, 0.717) is 6.54 Å². The number of aryl methyl sites for hydroxylation is 1. The smallest absolute Gasteiger partial charge is 0.194 e. The van der Waals surface area contributed by atoms with Crippen LogP contribution in [0.1, 0.15) is 22.4 Å². The number of fused-ring (bicyclic) bond motifs is 1. The number of aromatic amines is 1. The lowest BCUT2D eigenvalue weighted by Crippen LogP contribution is -2.36. The Balaban J connectivity index is 1.48. The third-order valence-electron chi connectivity index (χ3n) is 6.55. The van der Waals surface area contributed by atoms with Gasteiger partial charge in [-0.2, -0.15) is 0 Å². The highest BCUT2D eigenvalue weighted by atomic mass is 16.5. The Bertz CT molecular complexity index is 1250. The molecule has 0 atom stereocenters. The first kappa shape index (κ1) is 22.4. The Hall–Kier alpha value is -3.41. The number of nitrogens with zero attached hydrogens (tertiary/aromatic N) is 2. The van der Waals surface area contributed by atoms with Crippen molar-refractivity contribution in [2.75, 3.05) is 31.2 Å². The molecule has 0 aliphatic carbocycles. The molecule has 1 N–H and O–H groups in total. The molecule has 1 aromatic heterocycles. The first-order chi connectivity index (χ1) is 16.7. The van der Waals surface area contributed by atoms with E-state index >= 15 is 0 Å². The van der Waals surface area contributed by atoms with Gasteiger partial charge in [-0.25, -0.2) is 0 Å². The monoisotopic (exact) mass is 453 g/mol. The number of morpholine rings is 1. The van der Waals surface area contributed by atoms with Gasteiger partial charge in [-0.15, -0.1) is 0 Å². The van der Waals surface area contributed by atoms with Crippen LogP contribution in [0.15, 0.2) is 83.7 Å². The summed E-state index contributed by atoms with van der Waals surface area (Å²) in [5, 5.41) is 0.754. The standard InChI is InChI=1S/C29H31N3O2/c1-22-27(21-31(19-23-8-4-2-5-9-23)20-24-10-6-3-7-11-24)29(33)26-18-25(12-13-28(26)30-22)32-14-16-34-17-15-32/h2-13,18H,14-17,19-21H2,1H3,(H,30,33). The van der Waals surface area contributed by atoms with Crippen LogP contribution in [-0.4, -0.2) is 36.2 Å². The lowest BCUT2D eigenvalue weighted by Gasteiger charge is -2.29. The predicted molar refractivity (Wildman–Crippen MR) is 138 cm³/mol. The summed E-state index contributed by atoms with van der Waals surface area (Å²) in [6.45, 7) is 7.30. The van der Waals surface area contributed by atoms with E-state index in [1.807, 2.05) is 31.2 Å². The van der Waals surface area contributed by atoms with Crippen LogP contribution in [0.25, 0.3) is 10.9 Å². The topological polar surface area (TPSA) is 48.6 Å². The second-order valence-electron chi connectivity index (χ2n) is 9.00. The molecule has 2 heterocycles. The molecule has 1 aliphatic heterocycles. The van der Waals surface area contributed by atoms with Gasteiger partial charge < -0.3 is 14.6 Å². The van der Waals surface area contributed by atoms with E-state index in [9.17, 15) is 4.79 Å². The number of aromatic nitrogens is 1. The predicted octanol–water partition coefficient (Wildman–Crippen LogP) is 4.88. The van der Waals surface area contributed by atoms with Gasteiger partial charge in [-0.3, -0.25) is 9.69 Å². The average molecular weight is 454 g/mol. The van der Waals surface area contributed by atoms with Crippen molar-refractivity contribution in [3.8, 4) is 0 Å². The number of hydrogen-bond acceptors (Lipinski definition) is 4. The minimum absolute atomic E-state index is 0.118. The first-order valence-electron chi connectivity index (χ1n) is 12.0. The highest BCUT2D eigenvalue weighted by Gasteiger charge is 2.17. The lowest BCUT2D eigenvalue weighted by molar-refractivity contribution is 0.122. The molecule has 3 aromatic carbocycles. The fourth-order valence-electron chi connectivity index (χ4n) is 4.72. The summed E-state index contributed by atoms with van der Waals surface area (Å²) in [5.41, 5.74) is 6.34. The van der Waals surface area contributed by atoms with E-state index in [1.165, 1.54) is 11.1 Å². The summed E-state index contributed by atoms with van der Waals surface area (Å²) in [6.07, 6.45) is 0. The van der Waals surface area contributed by atoms with E-state index in [4.69, 9.17) is 4.74 Å². The lowest BCUT2D eigenvalue weighted by atomic mass is 10.1. The summed E-state index contributed by atoms with van der Waals surface area (Å²) in [6, 6.07) is 27.1. The summed E-state index contributed by atoms with van der Waals surface area (Å²) in [5.74, 6) is 0. The largest absolute Gasteiger partial charge is 0.378 e. The number of pyridine rings is 1. The van der Waals surface area contributed by atoms with Gasteiger partial charge in [0.05, 0.1) is 13.2 Å². The number of ether oxygens (including phenoxy) is 1. The number of nitrogens with one attached hydrogen (secondary N) is 1. The van der Waals surface area contributed by atoms with Crippen molar-refractivity contribution in [3.05, 3.63) is 111 Å². The fraction of sp³-hybridized carbons (Fsp3) is 0.276. The maximum atomic E-state index is 13.7. The molecule has 5 nitrogen and oxygen atoms in total. The molecule has 5 heteroatoms. The third kappa shape index (κ3) is 5.06. The molecule has 174 valence electrons. The Morgan fingerprint density at radius 1 is 0.853 bits per heavy atom. The third-order valence-corrected chi connectivity index (χ3v) is 6.55. The zero-order valence-electron chi connectivity index (χ0n) is 19.7. The minimum Gasteiger partial charge on any atom is -0.378 e. The molecule has 0 bridgehead atoms. The van der Waals surface area contributed by atoms with Crippen LogP contribution < -0.4 is 10.3 Å². The summed E-state index contributed by atoms with van der Waals surface area (Å²) in [7, 11) is 0. The number of hydrogen-bond donors (Lipinski definition) is 1. The van der Waals surface area contributed by atoms with E-state index in [-0.39, 0.29) is 5.43 Å². The molecule has 34 heavy (non-hydrogen) atoms. The van der Waals surface area contributed by atoms with Crippen LogP contribution in [0.2, 0.25) is 0 Å². The van der Waals surface area contributed by atoms with Gasteiger partial charge in [-0.05, 0) is 36.2 Å². The molecule has 1 saturated heterocycles. The zero-order chi connectivity index (χ0) is 23.3. The van der Waals surface area contributed by atoms with Crippen LogP contribution in [0, 0.1) is 6.92 Å². The average Bonchev–Trinajstić information content (AvgIpc) is 2.88. The molecule has 1 fully saturated rings. The second-order valence-corrected chi connectivity index (χ2v) is 9.00. The summed E-state index contributed by atoms with van der Waals surface area (Å²) < 4.78 is 5.49. The molecule has 4 aromatic rings. The van der Waals surface area contributed by atoms with Crippen molar-refractivity contribution in [2.24, 2.45) is 0 Å². The quantitative estimate of drug-likeness (QED) is 0.434. The minimum atomic E-state index is 0.118. The van der Waals surface area contributed by atoms with Crippen molar-refractivity contribution in [1.82, 2.24) is 9.88 Å². The Labute approximate surface area is 200 Å². The molecule has 1 aliphatic rings. The Kier molecular flexibility index (Phi) is 6.74. The molecular formula is C29H31N3O2. The van der Waals surface area contributed by atoms with Gasteiger partial charge >= 0.3 is 0 Å². The van der Waals surface area contributed by atoms with Crippen molar-refractivity contribution in [3.63, 3.8) is 0 Å². The normalized spacial score (nSPS) is 14.1. The van der Waals surface area contributed by atoms with Crippen molar-refractivity contribution < 1.29 is 4.74 Å². The van der Waals surface area contributed by atoms with E-state index < -0.39 is 0 Å². The van der Waals surface area contributed by atoms with Crippen LogP contribution >= 0.6 is 0 Å².